The van der Waals surface area contributed by atoms with Crippen LogP contribution in [-0.4, -0.2) is 19.5 Å². The molecule has 2 aromatic rings. The molecule has 3 nitrogen and oxygen atoms in total. The summed E-state index contributed by atoms with van der Waals surface area (Å²) in [7, 11) is 1.76. The number of amides is 1. The zero-order valence-corrected chi connectivity index (χ0v) is 12.4. The third kappa shape index (κ3) is 5.40. The number of carbonyl (C=O) groups is 1. The van der Waals surface area contributed by atoms with Crippen molar-refractivity contribution in [3.05, 3.63) is 65.7 Å². The highest BCUT2D eigenvalue weighted by molar-refractivity contribution is 5.92. The second kappa shape index (κ2) is 8.22. The van der Waals surface area contributed by atoms with E-state index in [-0.39, 0.29) is 5.91 Å². The average molecular weight is 282 g/mol. The van der Waals surface area contributed by atoms with Gasteiger partial charge in [0.05, 0.1) is 6.54 Å². The summed E-state index contributed by atoms with van der Waals surface area (Å²) in [6.07, 6.45) is 3.21. The lowest BCUT2D eigenvalue weighted by atomic mass is 10.0. The van der Waals surface area contributed by atoms with Gasteiger partial charge in [-0.25, -0.2) is 0 Å². The van der Waals surface area contributed by atoms with Crippen LogP contribution in [0.1, 0.15) is 17.5 Å². The maximum atomic E-state index is 11.5. The summed E-state index contributed by atoms with van der Waals surface area (Å²) < 4.78 is 0. The van der Waals surface area contributed by atoms with Crippen LogP contribution in [0, 0.1) is 0 Å². The first kappa shape index (κ1) is 15.3. The van der Waals surface area contributed by atoms with Crippen LogP contribution in [0.2, 0.25) is 0 Å². The Bertz CT molecular complexity index is 566. The molecular formula is C18H22N2O. The molecule has 1 amide bonds. The molecule has 0 saturated carbocycles. The lowest BCUT2D eigenvalue weighted by Gasteiger charge is -2.07. The largest absolute Gasteiger partial charge is 0.325 e. The van der Waals surface area contributed by atoms with E-state index in [0.29, 0.717) is 6.54 Å². The van der Waals surface area contributed by atoms with Gasteiger partial charge in [-0.3, -0.25) is 4.79 Å². The summed E-state index contributed by atoms with van der Waals surface area (Å²) >= 11 is 0. The van der Waals surface area contributed by atoms with E-state index >= 15 is 0 Å². The summed E-state index contributed by atoms with van der Waals surface area (Å²) in [6.45, 7) is 0.332. The van der Waals surface area contributed by atoms with Crippen LogP contribution < -0.4 is 10.6 Å². The quantitative estimate of drug-likeness (QED) is 0.819. The van der Waals surface area contributed by atoms with E-state index in [4.69, 9.17) is 0 Å². The van der Waals surface area contributed by atoms with Crippen molar-refractivity contribution < 1.29 is 4.79 Å². The molecule has 3 heteroatoms. The summed E-state index contributed by atoms with van der Waals surface area (Å²) in [4.78, 5) is 11.5. The van der Waals surface area contributed by atoms with Crippen LogP contribution in [0.25, 0.3) is 0 Å². The molecule has 0 aromatic heterocycles. The van der Waals surface area contributed by atoms with E-state index in [9.17, 15) is 4.79 Å². The fourth-order valence-electron chi connectivity index (χ4n) is 2.31. The molecule has 110 valence electrons. The smallest absolute Gasteiger partial charge is 0.238 e. The van der Waals surface area contributed by atoms with Gasteiger partial charge in [-0.1, -0.05) is 42.5 Å². The maximum absolute atomic E-state index is 11.5. The molecule has 0 bridgehead atoms. The third-order valence-corrected chi connectivity index (χ3v) is 3.32. The van der Waals surface area contributed by atoms with Gasteiger partial charge in [0.2, 0.25) is 5.91 Å². The Hall–Kier alpha value is -2.13. The number of rotatable bonds is 7. The van der Waals surface area contributed by atoms with Crippen molar-refractivity contribution in [1.29, 1.82) is 0 Å². The number of anilines is 1. The van der Waals surface area contributed by atoms with E-state index in [1.165, 1.54) is 11.1 Å². The molecule has 2 N–H and O–H groups in total. The first-order valence-corrected chi connectivity index (χ1v) is 7.35. The Balaban J connectivity index is 1.85. The molecule has 2 aromatic carbocycles. The minimum absolute atomic E-state index is 0.0149. The Kier molecular flexibility index (Phi) is 5.98. The predicted octanol–water partition coefficient (Wildman–Crippen LogP) is 3.02. The van der Waals surface area contributed by atoms with Crippen molar-refractivity contribution in [1.82, 2.24) is 5.32 Å². The normalized spacial score (nSPS) is 10.3. The lowest BCUT2D eigenvalue weighted by molar-refractivity contribution is -0.115. The average Bonchev–Trinajstić information content (AvgIpc) is 2.49. The maximum Gasteiger partial charge on any atom is 0.238 e. The SMILES string of the molecule is CNCC(=O)Nc1cccc(CCCc2ccccc2)c1. The van der Waals surface area contributed by atoms with Crippen LogP contribution in [0.15, 0.2) is 54.6 Å². The zero-order chi connectivity index (χ0) is 14.9. The van der Waals surface area contributed by atoms with Gasteiger partial charge >= 0.3 is 0 Å². The molecule has 0 radical (unpaired) electrons. The molecule has 0 unspecified atom stereocenters. The van der Waals surface area contributed by atoms with Crippen LogP contribution >= 0.6 is 0 Å². The molecule has 21 heavy (non-hydrogen) atoms. The second-order valence-corrected chi connectivity index (χ2v) is 5.12. The number of hydrogen-bond donors (Lipinski definition) is 2. The van der Waals surface area contributed by atoms with E-state index in [0.717, 1.165) is 24.9 Å². The number of benzene rings is 2. The van der Waals surface area contributed by atoms with Crippen LogP contribution in [0.5, 0.6) is 0 Å². The summed E-state index contributed by atoms with van der Waals surface area (Å²) in [5.74, 6) is -0.0149. The van der Waals surface area contributed by atoms with Crippen molar-refractivity contribution in [3.8, 4) is 0 Å². The van der Waals surface area contributed by atoms with Gasteiger partial charge in [-0.2, -0.15) is 0 Å². The highest BCUT2D eigenvalue weighted by Crippen LogP contribution is 2.13. The monoisotopic (exact) mass is 282 g/mol. The van der Waals surface area contributed by atoms with E-state index in [1.807, 2.05) is 18.2 Å². The topological polar surface area (TPSA) is 41.1 Å². The van der Waals surface area contributed by atoms with Gasteiger partial charge in [0.1, 0.15) is 0 Å². The van der Waals surface area contributed by atoms with Gasteiger partial charge in [0, 0.05) is 5.69 Å². The highest BCUT2D eigenvalue weighted by Gasteiger charge is 2.01. The molecule has 0 fully saturated rings. The fourth-order valence-corrected chi connectivity index (χ4v) is 2.31. The van der Waals surface area contributed by atoms with Crippen molar-refractivity contribution >= 4 is 11.6 Å². The van der Waals surface area contributed by atoms with Crippen LogP contribution in [0.3, 0.4) is 0 Å². The fraction of sp³-hybridized carbons (Fsp3) is 0.278. The van der Waals surface area contributed by atoms with Crippen molar-refractivity contribution in [3.63, 3.8) is 0 Å². The number of likely N-dealkylation sites (N-methyl/N-ethyl adjacent to an activating group) is 1. The Morgan fingerprint density at radius 2 is 1.67 bits per heavy atom. The number of carbonyl (C=O) groups excluding carboxylic acids is 1. The van der Waals surface area contributed by atoms with Crippen LogP contribution in [-0.2, 0) is 17.6 Å². The third-order valence-electron chi connectivity index (χ3n) is 3.32. The summed E-state index contributed by atoms with van der Waals surface area (Å²) in [5.41, 5.74) is 3.50. The van der Waals surface area contributed by atoms with Crippen molar-refractivity contribution in [2.45, 2.75) is 19.3 Å². The highest BCUT2D eigenvalue weighted by atomic mass is 16.1. The first-order valence-electron chi connectivity index (χ1n) is 7.35. The molecule has 0 aliphatic rings. The van der Waals surface area contributed by atoms with Gasteiger partial charge in [-0.15, -0.1) is 0 Å². The molecule has 0 spiro atoms. The summed E-state index contributed by atoms with van der Waals surface area (Å²) in [5, 5.41) is 5.73. The predicted molar refractivity (Wildman–Crippen MR) is 87.5 cm³/mol. The molecule has 0 saturated heterocycles. The van der Waals surface area contributed by atoms with E-state index in [2.05, 4.69) is 47.0 Å². The number of aryl methyl sites for hydroxylation is 2. The Labute approximate surface area is 126 Å². The number of nitrogens with one attached hydrogen (secondary N) is 2. The molecule has 0 aliphatic carbocycles. The van der Waals surface area contributed by atoms with Crippen molar-refractivity contribution in [2.24, 2.45) is 0 Å². The minimum Gasteiger partial charge on any atom is -0.325 e. The lowest BCUT2D eigenvalue weighted by Crippen LogP contribution is -2.25. The summed E-state index contributed by atoms with van der Waals surface area (Å²) in [6, 6.07) is 18.6. The molecule has 0 atom stereocenters. The van der Waals surface area contributed by atoms with E-state index < -0.39 is 0 Å². The van der Waals surface area contributed by atoms with Gasteiger partial charge < -0.3 is 10.6 Å². The minimum atomic E-state index is -0.0149. The number of hydrogen-bond acceptors (Lipinski definition) is 2. The van der Waals surface area contributed by atoms with E-state index in [1.54, 1.807) is 7.05 Å². The second-order valence-electron chi connectivity index (χ2n) is 5.12. The van der Waals surface area contributed by atoms with Crippen LogP contribution in [0.4, 0.5) is 5.69 Å². The Morgan fingerprint density at radius 3 is 2.43 bits per heavy atom. The van der Waals surface area contributed by atoms with Gasteiger partial charge in [0.25, 0.3) is 0 Å². The molecule has 0 heterocycles. The van der Waals surface area contributed by atoms with Gasteiger partial charge in [-0.05, 0) is 49.6 Å². The molecule has 2 rings (SSSR count). The zero-order valence-electron chi connectivity index (χ0n) is 12.4. The van der Waals surface area contributed by atoms with Crippen molar-refractivity contribution in [2.75, 3.05) is 18.9 Å². The standard InChI is InChI=1S/C18H22N2O/c1-19-14-18(21)20-17-12-6-11-16(13-17)10-5-9-15-7-3-2-4-8-15/h2-4,6-8,11-13,19H,5,9-10,14H2,1H3,(H,20,21). The van der Waals surface area contributed by atoms with Gasteiger partial charge in [0.15, 0.2) is 0 Å². The molecule has 0 aliphatic heterocycles. The molecular weight excluding hydrogens is 260 g/mol. The first-order chi connectivity index (χ1) is 10.3. The Morgan fingerprint density at radius 1 is 0.952 bits per heavy atom.